The Hall–Kier alpha value is -4.61. The fourth-order valence-electron chi connectivity index (χ4n) is 6.32. The first kappa shape index (κ1) is 29.5. The van der Waals surface area contributed by atoms with Gasteiger partial charge in [-0.25, -0.2) is 13.5 Å². The van der Waals surface area contributed by atoms with Gasteiger partial charge in [-0.3, -0.25) is 14.6 Å². The highest BCUT2D eigenvalue weighted by atomic mass is 19.4. The number of alkyl halides is 3. The number of carbonyl (C=O) groups excluding carboxylic acids is 2. The summed E-state index contributed by atoms with van der Waals surface area (Å²) in [6.45, 7) is 4.35. The predicted molar refractivity (Wildman–Crippen MR) is 152 cm³/mol. The molecule has 2 aromatic heterocycles. The quantitative estimate of drug-likeness (QED) is 0.254. The molecule has 6 rings (SSSR count). The zero-order valence-corrected chi connectivity index (χ0v) is 24.0. The summed E-state index contributed by atoms with van der Waals surface area (Å²) in [6.07, 6.45) is -0.853. The Morgan fingerprint density at radius 2 is 1.64 bits per heavy atom. The summed E-state index contributed by atoms with van der Waals surface area (Å²) < 4.78 is 70.1. The summed E-state index contributed by atoms with van der Waals surface area (Å²) in [4.78, 5) is 34.6. The van der Waals surface area contributed by atoms with Gasteiger partial charge in [-0.1, -0.05) is 0 Å². The molecule has 0 radical (unpaired) electrons. The van der Waals surface area contributed by atoms with Gasteiger partial charge in [0, 0.05) is 49.7 Å². The van der Waals surface area contributed by atoms with Crippen LogP contribution in [0.4, 0.5) is 27.6 Å². The van der Waals surface area contributed by atoms with E-state index in [1.807, 2.05) is 4.90 Å². The molecule has 0 bridgehead atoms. The van der Waals surface area contributed by atoms with E-state index in [0.29, 0.717) is 60.3 Å². The molecule has 1 spiro atoms. The number of hydrogen-bond donors (Lipinski definition) is 0. The number of piperidine rings is 1. The van der Waals surface area contributed by atoms with Crippen molar-refractivity contribution in [3.8, 4) is 16.9 Å². The smallest absolute Gasteiger partial charge is 0.358 e. The number of rotatable bonds is 4. The Balaban J connectivity index is 1.30. The average molecular weight is 610 g/mol. The average Bonchev–Trinajstić information content (AvgIpc) is 3.58. The van der Waals surface area contributed by atoms with Crippen molar-refractivity contribution in [1.82, 2.24) is 19.7 Å². The zero-order chi connectivity index (χ0) is 31.4. The SMILES string of the molecule is Cc1cc(N2CCC(=O)C23CCN(C(=O)c2cc(-c4cccnc4)n(-c4ccc(F)c(C(F)(F)F)c4)n2)CC3)cc(C)c1F. The zero-order valence-electron chi connectivity index (χ0n) is 24.0. The van der Waals surface area contributed by atoms with Crippen LogP contribution in [0.25, 0.3) is 16.9 Å². The van der Waals surface area contributed by atoms with Gasteiger partial charge in [0.05, 0.1) is 16.9 Å². The van der Waals surface area contributed by atoms with E-state index in [-0.39, 0.29) is 36.1 Å². The van der Waals surface area contributed by atoms with E-state index in [4.69, 9.17) is 0 Å². The summed E-state index contributed by atoms with van der Waals surface area (Å²) in [5.41, 5.74) is 0.175. The third-order valence-corrected chi connectivity index (χ3v) is 8.59. The van der Waals surface area contributed by atoms with Gasteiger partial charge in [-0.2, -0.15) is 18.3 Å². The number of hydrogen-bond acceptors (Lipinski definition) is 5. The van der Waals surface area contributed by atoms with Crippen LogP contribution in [0.2, 0.25) is 0 Å². The lowest BCUT2D eigenvalue weighted by Crippen LogP contribution is -2.57. The van der Waals surface area contributed by atoms with Crippen LogP contribution in [-0.4, -0.2) is 56.5 Å². The molecule has 228 valence electrons. The normalized spacial score (nSPS) is 16.7. The molecular formula is C32H28F5N5O2. The molecule has 2 fully saturated rings. The van der Waals surface area contributed by atoms with Crippen LogP contribution in [0.3, 0.4) is 0 Å². The molecule has 2 aromatic carbocycles. The van der Waals surface area contributed by atoms with Crippen molar-refractivity contribution in [1.29, 1.82) is 0 Å². The summed E-state index contributed by atoms with van der Waals surface area (Å²) in [7, 11) is 0. The van der Waals surface area contributed by atoms with E-state index in [1.54, 1.807) is 43.0 Å². The summed E-state index contributed by atoms with van der Waals surface area (Å²) in [6, 6.07) is 10.8. The second kappa shape index (κ2) is 10.8. The molecule has 0 unspecified atom stereocenters. The van der Waals surface area contributed by atoms with Crippen LogP contribution in [-0.2, 0) is 11.0 Å². The number of likely N-dealkylation sites (tertiary alicyclic amines) is 1. The van der Waals surface area contributed by atoms with Crippen molar-refractivity contribution in [2.75, 3.05) is 24.5 Å². The van der Waals surface area contributed by atoms with Gasteiger partial charge in [-0.15, -0.1) is 0 Å². The number of benzene rings is 2. The molecule has 44 heavy (non-hydrogen) atoms. The fraction of sp³-hybridized carbons (Fsp3) is 0.312. The van der Waals surface area contributed by atoms with Crippen LogP contribution < -0.4 is 4.90 Å². The van der Waals surface area contributed by atoms with Gasteiger partial charge in [0.2, 0.25) is 0 Å². The largest absolute Gasteiger partial charge is 0.419 e. The van der Waals surface area contributed by atoms with E-state index in [0.717, 1.165) is 11.8 Å². The Morgan fingerprint density at radius 3 is 2.27 bits per heavy atom. The molecule has 2 aliphatic rings. The maximum absolute atomic E-state index is 14.3. The van der Waals surface area contributed by atoms with E-state index in [2.05, 4.69) is 10.1 Å². The van der Waals surface area contributed by atoms with Crippen molar-refractivity contribution in [2.24, 2.45) is 0 Å². The molecule has 2 aliphatic heterocycles. The van der Waals surface area contributed by atoms with Gasteiger partial charge in [0.1, 0.15) is 17.2 Å². The number of aromatic nitrogens is 3. The van der Waals surface area contributed by atoms with Crippen LogP contribution >= 0.6 is 0 Å². The van der Waals surface area contributed by atoms with Gasteiger partial charge >= 0.3 is 6.18 Å². The number of anilines is 1. The maximum Gasteiger partial charge on any atom is 0.419 e. The highest BCUT2D eigenvalue weighted by Crippen LogP contribution is 2.41. The van der Waals surface area contributed by atoms with Crippen molar-refractivity contribution in [3.05, 3.63) is 94.9 Å². The monoisotopic (exact) mass is 609 g/mol. The highest BCUT2D eigenvalue weighted by Gasteiger charge is 2.50. The highest BCUT2D eigenvalue weighted by molar-refractivity contribution is 5.97. The van der Waals surface area contributed by atoms with Crippen LogP contribution in [0.15, 0.2) is 60.9 Å². The summed E-state index contributed by atoms with van der Waals surface area (Å²) in [5, 5.41) is 4.37. The standard InChI is InChI=1S/C32H28F5N5O2/c1-19-14-23(15-20(2)29(19)34)41-11-7-28(43)31(41)8-12-40(13-9-31)30(44)26-17-27(21-4-3-10-38-18-21)42(39-26)22-5-6-25(33)24(16-22)32(35,36)37/h3-6,10,14-18H,7-9,11-13H2,1-2H3. The number of Topliss-reactive ketones (excluding diaryl/α,β-unsaturated/α-hetero) is 1. The fourth-order valence-corrected chi connectivity index (χ4v) is 6.32. The minimum Gasteiger partial charge on any atom is -0.358 e. The van der Waals surface area contributed by atoms with E-state index >= 15 is 0 Å². The van der Waals surface area contributed by atoms with Crippen molar-refractivity contribution >= 4 is 17.4 Å². The Kier molecular flexibility index (Phi) is 7.25. The lowest BCUT2D eigenvalue weighted by atomic mass is 9.83. The first-order valence-corrected chi connectivity index (χ1v) is 14.1. The number of aryl methyl sites for hydroxylation is 2. The molecular weight excluding hydrogens is 581 g/mol. The van der Waals surface area contributed by atoms with Gasteiger partial charge in [0.15, 0.2) is 11.5 Å². The number of ketones is 1. The van der Waals surface area contributed by atoms with Gasteiger partial charge in [0.25, 0.3) is 5.91 Å². The third-order valence-electron chi connectivity index (χ3n) is 8.59. The minimum absolute atomic E-state index is 0.0166. The number of nitrogens with zero attached hydrogens (tertiary/aromatic N) is 5. The van der Waals surface area contributed by atoms with E-state index < -0.39 is 29.0 Å². The Labute approximate surface area is 249 Å². The summed E-state index contributed by atoms with van der Waals surface area (Å²) >= 11 is 0. The lowest BCUT2D eigenvalue weighted by molar-refractivity contribution is -0.140. The number of pyridine rings is 1. The molecule has 4 aromatic rings. The first-order chi connectivity index (χ1) is 20.9. The minimum atomic E-state index is -4.93. The predicted octanol–water partition coefficient (Wildman–Crippen LogP) is 6.30. The Morgan fingerprint density at radius 1 is 0.932 bits per heavy atom. The second-order valence-electron chi connectivity index (χ2n) is 11.3. The van der Waals surface area contributed by atoms with Gasteiger partial charge < -0.3 is 9.80 Å². The van der Waals surface area contributed by atoms with Crippen LogP contribution in [0, 0.1) is 25.5 Å². The molecule has 12 heteroatoms. The van der Waals surface area contributed by atoms with Crippen molar-refractivity contribution < 1.29 is 31.5 Å². The van der Waals surface area contributed by atoms with Crippen molar-refractivity contribution in [3.63, 3.8) is 0 Å². The van der Waals surface area contributed by atoms with Crippen LogP contribution in [0.5, 0.6) is 0 Å². The van der Waals surface area contributed by atoms with Crippen molar-refractivity contribution in [2.45, 2.75) is 44.8 Å². The van der Waals surface area contributed by atoms with E-state index in [9.17, 15) is 31.5 Å². The van der Waals surface area contributed by atoms with Crippen LogP contribution in [0.1, 0.15) is 46.4 Å². The third kappa shape index (κ3) is 5.01. The van der Waals surface area contributed by atoms with Gasteiger partial charge in [-0.05, 0) is 86.3 Å². The second-order valence-corrected chi connectivity index (χ2v) is 11.3. The summed E-state index contributed by atoms with van der Waals surface area (Å²) in [5.74, 6) is -2.08. The first-order valence-electron chi connectivity index (χ1n) is 14.1. The topological polar surface area (TPSA) is 71.3 Å². The number of amides is 1. The molecule has 0 atom stereocenters. The molecule has 0 N–H and O–H groups in total. The number of halogens is 5. The molecule has 0 saturated carbocycles. The maximum atomic E-state index is 14.3. The molecule has 0 aliphatic carbocycles. The molecule has 7 nitrogen and oxygen atoms in total. The van der Waals surface area contributed by atoms with E-state index in [1.165, 1.54) is 23.1 Å². The molecule has 4 heterocycles. The molecule has 2 saturated heterocycles. The Bertz CT molecular complexity index is 1740. The number of carbonyl (C=O) groups is 2. The molecule has 1 amide bonds. The lowest BCUT2D eigenvalue weighted by Gasteiger charge is -2.44.